The summed E-state index contributed by atoms with van der Waals surface area (Å²) in [5.41, 5.74) is 1.66. The van der Waals surface area contributed by atoms with Gasteiger partial charge in [0.2, 0.25) is 0 Å². The number of nitrogens with one attached hydrogen (secondary N) is 1. The van der Waals surface area contributed by atoms with Crippen molar-refractivity contribution in [3.8, 4) is 5.75 Å². The van der Waals surface area contributed by atoms with Crippen molar-refractivity contribution >= 4 is 0 Å². The van der Waals surface area contributed by atoms with Crippen molar-refractivity contribution in [2.45, 2.75) is 38.3 Å². The molecule has 0 aromatic heterocycles. The summed E-state index contributed by atoms with van der Waals surface area (Å²) in [7, 11) is 3.96. The number of aliphatic hydroxyl groups is 1. The van der Waals surface area contributed by atoms with Crippen molar-refractivity contribution in [3.05, 3.63) is 29.3 Å². The molecule has 1 heterocycles. The van der Waals surface area contributed by atoms with Crippen LogP contribution in [-0.4, -0.2) is 49.4 Å². The van der Waals surface area contributed by atoms with Crippen LogP contribution >= 0.6 is 0 Å². The standard InChI is InChI=1S/C17H28N2O2/c1-13-7-5-8-14-15(9-6-10-21-16(13)14)18-11-17(2,20)12-19(3)4/h5,7-8,15,18,20H,6,9-12H2,1-4H3. The highest BCUT2D eigenvalue weighted by Gasteiger charge is 2.26. The molecular weight excluding hydrogens is 264 g/mol. The molecule has 0 radical (unpaired) electrons. The van der Waals surface area contributed by atoms with E-state index in [0.717, 1.165) is 25.2 Å². The minimum absolute atomic E-state index is 0.246. The fourth-order valence-corrected chi connectivity index (χ4v) is 3.06. The zero-order valence-corrected chi connectivity index (χ0v) is 13.6. The topological polar surface area (TPSA) is 44.7 Å². The smallest absolute Gasteiger partial charge is 0.126 e. The maximum atomic E-state index is 10.5. The lowest BCUT2D eigenvalue weighted by molar-refractivity contribution is 0.0310. The monoisotopic (exact) mass is 292 g/mol. The Balaban J connectivity index is 2.09. The van der Waals surface area contributed by atoms with Crippen LogP contribution in [-0.2, 0) is 0 Å². The minimum atomic E-state index is -0.735. The highest BCUT2D eigenvalue weighted by Crippen LogP contribution is 2.34. The number of hydrogen-bond donors (Lipinski definition) is 2. The molecule has 0 spiro atoms. The first-order chi connectivity index (χ1) is 9.89. The summed E-state index contributed by atoms with van der Waals surface area (Å²) in [6, 6.07) is 6.54. The number of rotatable bonds is 5. The number of para-hydroxylation sites is 1. The van der Waals surface area contributed by atoms with Crippen LogP contribution in [0.2, 0.25) is 0 Å². The first-order valence-electron chi connectivity index (χ1n) is 7.72. The molecule has 2 N–H and O–H groups in total. The van der Waals surface area contributed by atoms with Gasteiger partial charge in [0.05, 0.1) is 12.2 Å². The van der Waals surface area contributed by atoms with E-state index in [9.17, 15) is 5.11 Å². The Morgan fingerprint density at radius 1 is 1.43 bits per heavy atom. The van der Waals surface area contributed by atoms with Gasteiger partial charge in [0.15, 0.2) is 0 Å². The number of ether oxygens (including phenoxy) is 1. The Kier molecular flexibility index (Phi) is 5.25. The van der Waals surface area contributed by atoms with Crippen LogP contribution in [0.3, 0.4) is 0 Å². The predicted molar refractivity (Wildman–Crippen MR) is 85.8 cm³/mol. The summed E-state index contributed by atoms with van der Waals surface area (Å²) < 4.78 is 5.90. The molecule has 2 rings (SSSR count). The van der Waals surface area contributed by atoms with Gasteiger partial charge in [-0.2, -0.15) is 0 Å². The molecule has 1 aromatic rings. The van der Waals surface area contributed by atoms with Gasteiger partial charge < -0.3 is 20.1 Å². The maximum absolute atomic E-state index is 10.5. The summed E-state index contributed by atoms with van der Waals surface area (Å²) in [6.45, 7) is 5.95. The molecule has 1 aromatic carbocycles. The predicted octanol–water partition coefficient (Wildman–Crippen LogP) is 2.11. The molecule has 2 atom stereocenters. The van der Waals surface area contributed by atoms with Crippen LogP contribution in [0.15, 0.2) is 18.2 Å². The van der Waals surface area contributed by atoms with Crippen LogP contribution in [0, 0.1) is 6.92 Å². The second-order valence-electron chi connectivity index (χ2n) is 6.65. The van der Waals surface area contributed by atoms with Crippen LogP contribution in [0.1, 0.15) is 36.9 Å². The zero-order valence-electron chi connectivity index (χ0n) is 13.6. The maximum Gasteiger partial charge on any atom is 0.126 e. The third-order valence-corrected chi connectivity index (χ3v) is 3.89. The molecule has 118 valence electrons. The second-order valence-corrected chi connectivity index (χ2v) is 6.65. The van der Waals surface area contributed by atoms with E-state index in [-0.39, 0.29) is 6.04 Å². The molecule has 21 heavy (non-hydrogen) atoms. The highest BCUT2D eigenvalue weighted by molar-refractivity contribution is 5.43. The summed E-state index contributed by atoms with van der Waals surface area (Å²) >= 11 is 0. The Bertz CT molecular complexity index is 472. The van der Waals surface area contributed by atoms with Crippen molar-refractivity contribution in [2.24, 2.45) is 0 Å². The van der Waals surface area contributed by atoms with Crippen molar-refractivity contribution in [1.82, 2.24) is 10.2 Å². The zero-order chi connectivity index (χ0) is 15.5. The molecule has 0 bridgehead atoms. The average molecular weight is 292 g/mol. The van der Waals surface area contributed by atoms with Crippen molar-refractivity contribution in [2.75, 3.05) is 33.8 Å². The van der Waals surface area contributed by atoms with Gasteiger partial charge in [0, 0.05) is 24.7 Å². The molecule has 0 saturated heterocycles. The fourth-order valence-electron chi connectivity index (χ4n) is 3.06. The Labute approximate surface area is 128 Å². The molecule has 1 aliphatic heterocycles. The summed E-state index contributed by atoms with van der Waals surface area (Å²) in [6.07, 6.45) is 2.07. The van der Waals surface area contributed by atoms with E-state index in [1.165, 1.54) is 11.1 Å². The number of benzene rings is 1. The molecule has 4 heteroatoms. The number of hydrogen-bond acceptors (Lipinski definition) is 4. The lowest BCUT2D eigenvalue weighted by Crippen LogP contribution is -2.46. The van der Waals surface area contributed by atoms with Gasteiger partial charge in [0.25, 0.3) is 0 Å². The van der Waals surface area contributed by atoms with Crippen molar-refractivity contribution in [1.29, 1.82) is 0 Å². The lowest BCUT2D eigenvalue weighted by Gasteiger charge is -2.30. The van der Waals surface area contributed by atoms with E-state index in [2.05, 4.69) is 30.4 Å². The summed E-state index contributed by atoms with van der Waals surface area (Å²) in [5.74, 6) is 1.01. The largest absolute Gasteiger partial charge is 0.493 e. The number of fused-ring (bicyclic) bond motifs is 1. The van der Waals surface area contributed by atoms with Gasteiger partial charge in [0.1, 0.15) is 5.75 Å². The van der Waals surface area contributed by atoms with Crippen LogP contribution in [0.4, 0.5) is 0 Å². The average Bonchev–Trinajstić information content (AvgIpc) is 2.58. The minimum Gasteiger partial charge on any atom is -0.493 e. The van der Waals surface area contributed by atoms with Crippen LogP contribution in [0.5, 0.6) is 5.75 Å². The van der Waals surface area contributed by atoms with E-state index >= 15 is 0 Å². The normalized spacial score (nSPS) is 21.3. The number of nitrogens with zero attached hydrogens (tertiary/aromatic N) is 1. The summed E-state index contributed by atoms with van der Waals surface area (Å²) in [5, 5.41) is 14.0. The number of likely N-dealkylation sites (N-methyl/N-ethyl adjacent to an activating group) is 1. The molecule has 0 saturated carbocycles. The Morgan fingerprint density at radius 2 is 2.19 bits per heavy atom. The van der Waals surface area contributed by atoms with Crippen LogP contribution in [0.25, 0.3) is 0 Å². The van der Waals surface area contributed by atoms with E-state index < -0.39 is 5.60 Å². The lowest BCUT2D eigenvalue weighted by atomic mass is 9.98. The molecule has 1 aliphatic rings. The summed E-state index contributed by atoms with van der Waals surface area (Å²) in [4.78, 5) is 2.01. The van der Waals surface area contributed by atoms with Gasteiger partial charge in [-0.05, 0) is 46.3 Å². The molecule has 2 unspecified atom stereocenters. The molecular formula is C17H28N2O2. The van der Waals surface area contributed by atoms with E-state index in [4.69, 9.17) is 4.74 Å². The molecule has 4 nitrogen and oxygen atoms in total. The molecule has 0 amide bonds. The van der Waals surface area contributed by atoms with Gasteiger partial charge >= 0.3 is 0 Å². The Morgan fingerprint density at radius 3 is 2.90 bits per heavy atom. The van der Waals surface area contributed by atoms with E-state index in [1.54, 1.807) is 0 Å². The first-order valence-corrected chi connectivity index (χ1v) is 7.72. The van der Waals surface area contributed by atoms with E-state index in [1.807, 2.05) is 25.9 Å². The van der Waals surface area contributed by atoms with Gasteiger partial charge in [-0.15, -0.1) is 0 Å². The number of aryl methyl sites for hydroxylation is 1. The van der Waals surface area contributed by atoms with Crippen LogP contribution < -0.4 is 10.1 Å². The quantitative estimate of drug-likeness (QED) is 0.872. The van der Waals surface area contributed by atoms with Gasteiger partial charge in [-0.1, -0.05) is 18.2 Å². The van der Waals surface area contributed by atoms with E-state index in [0.29, 0.717) is 13.1 Å². The van der Waals surface area contributed by atoms with Crippen molar-refractivity contribution in [3.63, 3.8) is 0 Å². The third-order valence-electron chi connectivity index (χ3n) is 3.89. The first kappa shape index (κ1) is 16.3. The fraction of sp³-hybridized carbons (Fsp3) is 0.647. The SMILES string of the molecule is Cc1cccc2c1OCCCC2NCC(C)(O)CN(C)C. The molecule has 0 aliphatic carbocycles. The van der Waals surface area contributed by atoms with Gasteiger partial charge in [-0.25, -0.2) is 0 Å². The highest BCUT2D eigenvalue weighted by atomic mass is 16.5. The molecule has 0 fully saturated rings. The van der Waals surface area contributed by atoms with Crippen molar-refractivity contribution < 1.29 is 9.84 Å². The third kappa shape index (κ3) is 4.43. The van der Waals surface area contributed by atoms with Gasteiger partial charge in [-0.3, -0.25) is 0 Å². The Hall–Kier alpha value is -1.10. The second kappa shape index (κ2) is 6.77.